The molecular formula is C6H12N2. The Morgan fingerprint density at radius 2 is 2.50 bits per heavy atom. The fourth-order valence-electron chi connectivity index (χ4n) is 0.841. The topological polar surface area (TPSA) is 38.0 Å². The molecule has 0 spiro atoms. The van der Waals surface area contributed by atoms with E-state index in [0.717, 1.165) is 19.5 Å². The summed E-state index contributed by atoms with van der Waals surface area (Å²) in [7, 11) is 0. The Morgan fingerprint density at radius 3 is 2.88 bits per heavy atom. The lowest BCUT2D eigenvalue weighted by molar-refractivity contribution is 0.537. The zero-order valence-corrected chi connectivity index (χ0v) is 4.93. The number of rotatable bonds is 1. The van der Waals surface area contributed by atoms with Crippen molar-refractivity contribution in [1.82, 2.24) is 5.32 Å². The minimum Gasteiger partial charge on any atom is -0.329 e. The van der Waals surface area contributed by atoms with Gasteiger partial charge in [0.2, 0.25) is 0 Å². The summed E-state index contributed by atoms with van der Waals surface area (Å²) in [6, 6.07) is 0.528. The number of hydrogen-bond donors (Lipinski definition) is 2. The minimum absolute atomic E-state index is 0.528. The standard InChI is InChI=1S/C6H12N2/c7-5-6-3-1-2-4-8-6/h1-2,6,8H,3-5,7H2. The van der Waals surface area contributed by atoms with Gasteiger partial charge in [0.1, 0.15) is 0 Å². The van der Waals surface area contributed by atoms with Crippen molar-refractivity contribution in [2.24, 2.45) is 5.73 Å². The second-order valence-electron chi connectivity index (χ2n) is 2.05. The average Bonchev–Trinajstić information content (AvgIpc) is 1.90. The van der Waals surface area contributed by atoms with Crippen molar-refractivity contribution in [3.63, 3.8) is 0 Å². The molecule has 1 aliphatic heterocycles. The van der Waals surface area contributed by atoms with Crippen molar-refractivity contribution in [2.75, 3.05) is 13.1 Å². The molecule has 0 amide bonds. The van der Waals surface area contributed by atoms with Crippen LogP contribution in [0.2, 0.25) is 0 Å². The summed E-state index contributed by atoms with van der Waals surface area (Å²) >= 11 is 0. The van der Waals surface area contributed by atoms with Crippen LogP contribution < -0.4 is 11.1 Å². The van der Waals surface area contributed by atoms with E-state index in [1.54, 1.807) is 0 Å². The third kappa shape index (κ3) is 1.32. The van der Waals surface area contributed by atoms with Gasteiger partial charge in [-0.1, -0.05) is 12.2 Å². The van der Waals surface area contributed by atoms with E-state index in [4.69, 9.17) is 5.73 Å². The molecule has 0 saturated heterocycles. The van der Waals surface area contributed by atoms with Gasteiger partial charge in [0.05, 0.1) is 0 Å². The largest absolute Gasteiger partial charge is 0.329 e. The highest BCUT2D eigenvalue weighted by molar-refractivity contribution is 4.94. The van der Waals surface area contributed by atoms with E-state index in [-0.39, 0.29) is 0 Å². The highest BCUT2D eigenvalue weighted by Crippen LogP contribution is 1.95. The normalized spacial score (nSPS) is 28.4. The molecule has 2 heteroatoms. The Hall–Kier alpha value is -0.340. The van der Waals surface area contributed by atoms with Crippen LogP contribution in [0.15, 0.2) is 12.2 Å². The zero-order valence-electron chi connectivity index (χ0n) is 4.93. The van der Waals surface area contributed by atoms with Crippen LogP contribution in [0.3, 0.4) is 0 Å². The molecule has 1 atom stereocenters. The van der Waals surface area contributed by atoms with Gasteiger partial charge in [-0.05, 0) is 6.42 Å². The zero-order chi connectivity index (χ0) is 5.82. The van der Waals surface area contributed by atoms with Crippen LogP contribution in [0, 0.1) is 0 Å². The van der Waals surface area contributed by atoms with Gasteiger partial charge in [0, 0.05) is 19.1 Å². The molecule has 8 heavy (non-hydrogen) atoms. The summed E-state index contributed by atoms with van der Waals surface area (Å²) in [6.07, 6.45) is 5.40. The molecule has 1 rings (SSSR count). The first kappa shape index (κ1) is 5.79. The average molecular weight is 112 g/mol. The molecule has 0 radical (unpaired) electrons. The van der Waals surface area contributed by atoms with Crippen molar-refractivity contribution in [1.29, 1.82) is 0 Å². The second-order valence-corrected chi connectivity index (χ2v) is 2.05. The second kappa shape index (κ2) is 2.84. The lowest BCUT2D eigenvalue weighted by atomic mass is 10.1. The summed E-state index contributed by atoms with van der Waals surface area (Å²) < 4.78 is 0. The quantitative estimate of drug-likeness (QED) is 0.463. The summed E-state index contributed by atoms with van der Waals surface area (Å²) in [5.74, 6) is 0. The molecule has 0 aliphatic carbocycles. The summed E-state index contributed by atoms with van der Waals surface area (Å²) in [6.45, 7) is 1.74. The maximum Gasteiger partial charge on any atom is 0.0227 e. The van der Waals surface area contributed by atoms with Crippen LogP contribution in [0.5, 0.6) is 0 Å². The van der Waals surface area contributed by atoms with E-state index in [9.17, 15) is 0 Å². The fourth-order valence-corrected chi connectivity index (χ4v) is 0.841. The van der Waals surface area contributed by atoms with Crippen LogP contribution in [0.25, 0.3) is 0 Å². The highest BCUT2D eigenvalue weighted by Gasteiger charge is 2.03. The predicted octanol–water partition coefficient (Wildman–Crippen LogP) is -0.137. The molecule has 2 nitrogen and oxygen atoms in total. The molecule has 1 unspecified atom stereocenters. The van der Waals surface area contributed by atoms with E-state index < -0.39 is 0 Å². The van der Waals surface area contributed by atoms with Crippen LogP contribution >= 0.6 is 0 Å². The summed E-state index contributed by atoms with van der Waals surface area (Å²) in [5, 5.41) is 3.26. The first-order valence-electron chi connectivity index (χ1n) is 3.02. The first-order chi connectivity index (χ1) is 3.93. The van der Waals surface area contributed by atoms with Crippen molar-refractivity contribution in [2.45, 2.75) is 12.5 Å². The van der Waals surface area contributed by atoms with E-state index >= 15 is 0 Å². The minimum atomic E-state index is 0.528. The molecular weight excluding hydrogens is 100 g/mol. The van der Waals surface area contributed by atoms with E-state index in [0.29, 0.717) is 6.04 Å². The SMILES string of the molecule is NCC1CC=CCN1. The molecule has 46 valence electrons. The first-order valence-corrected chi connectivity index (χ1v) is 3.02. The van der Waals surface area contributed by atoms with Crippen LogP contribution in [-0.4, -0.2) is 19.1 Å². The van der Waals surface area contributed by atoms with E-state index in [2.05, 4.69) is 17.5 Å². The molecule has 0 bridgehead atoms. The molecule has 0 aromatic carbocycles. The maximum absolute atomic E-state index is 5.41. The fraction of sp³-hybridized carbons (Fsp3) is 0.667. The molecule has 3 N–H and O–H groups in total. The molecule has 0 fully saturated rings. The lowest BCUT2D eigenvalue weighted by Crippen LogP contribution is -2.37. The Kier molecular flexibility index (Phi) is 2.06. The Morgan fingerprint density at radius 1 is 1.62 bits per heavy atom. The van der Waals surface area contributed by atoms with E-state index in [1.165, 1.54) is 0 Å². The van der Waals surface area contributed by atoms with Gasteiger partial charge in [0.25, 0.3) is 0 Å². The highest BCUT2D eigenvalue weighted by atomic mass is 14.9. The number of nitrogens with two attached hydrogens (primary N) is 1. The van der Waals surface area contributed by atoms with Gasteiger partial charge in [-0.15, -0.1) is 0 Å². The molecule has 0 aromatic rings. The number of nitrogens with one attached hydrogen (secondary N) is 1. The Balaban J connectivity index is 2.27. The van der Waals surface area contributed by atoms with Crippen LogP contribution in [0.1, 0.15) is 6.42 Å². The molecule has 1 aliphatic rings. The third-order valence-corrected chi connectivity index (χ3v) is 1.40. The van der Waals surface area contributed by atoms with Gasteiger partial charge in [-0.25, -0.2) is 0 Å². The molecule has 0 saturated carbocycles. The Labute approximate surface area is 49.8 Å². The molecule has 0 aromatic heterocycles. The van der Waals surface area contributed by atoms with Crippen LogP contribution in [0.4, 0.5) is 0 Å². The van der Waals surface area contributed by atoms with Crippen molar-refractivity contribution in [3.8, 4) is 0 Å². The monoisotopic (exact) mass is 112 g/mol. The summed E-state index contributed by atoms with van der Waals surface area (Å²) in [4.78, 5) is 0. The lowest BCUT2D eigenvalue weighted by Gasteiger charge is -2.16. The van der Waals surface area contributed by atoms with Gasteiger partial charge in [-0.2, -0.15) is 0 Å². The van der Waals surface area contributed by atoms with Gasteiger partial charge in [-0.3, -0.25) is 0 Å². The predicted molar refractivity (Wildman–Crippen MR) is 34.6 cm³/mol. The van der Waals surface area contributed by atoms with Gasteiger partial charge >= 0.3 is 0 Å². The summed E-state index contributed by atoms with van der Waals surface area (Å²) in [5.41, 5.74) is 5.41. The van der Waals surface area contributed by atoms with Crippen molar-refractivity contribution < 1.29 is 0 Å². The Bertz CT molecular complexity index is 88.5. The van der Waals surface area contributed by atoms with E-state index in [1.807, 2.05) is 0 Å². The van der Waals surface area contributed by atoms with Crippen molar-refractivity contribution >= 4 is 0 Å². The number of hydrogen-bond acceptors (Lipinski definition) is 2. The maximum atomic E-state index is 5.41. The smallest absolute Gasteiger partial charge is 0.0227 e. The van der Waals surface area contributed by atoms with Crippen LogP contribution in [-0.2, 0) is 0 Å². The molecule has 1 heterocycles. The third-order valence-electron chi connectivity index (χ3n) is 1.40. The van der Waals surface area contributed by atoms with Gasteiger partial charge < -0.3 is 11.1 Å². The van der Waals surface area contributed by atoms with Crippen molar-refractivity contribution in [3.05, 3.63) is 12.2 Å². The van der Waals surface area contributed by atoms with Gasteiger partial charge in [0.15, 0.2) is 0 Å².